The first-order chi connectivity index (χ1) is 9.00. The molecule has 0 aliphatic carbocycles. The van der Waals surface area contributed by atoms with Crippen LogP contribution < -0.4 is 5.32 Å². The molecule has 0 aromatic heterocycles. The first-order valence-electron chi connectivity index (χ1n) is 6.39. The summed E-state index contributed by atoms with van der Waals surface area (Å²) in [7, 11) is 1.69. The normalized spacial score (nSPS) is 22.5. The Hall–Kier alpha value is -1.13. The molecule has 2 unspecified atom stereocenters. The van der Waals surface area contributed by atoms with E-state index in [0.29, 0.717) is 23.0 Å². The molecule has 0 radical (unpaired) electrons. The third-order valence-corrected chi connectivity index (χ3v) is 4.02. The van der Waals surface area contributed by atoms with Crippen molar-refractivity contribution in [3.63, 3.8) is 0 Å². The number of carbonyl (C=O) groups excluding carboxylic acids is 1. The molecule has 2 rings (SSSR count). The van der Waals surface area contributed by atoms with E-state index < -0.39 is 0 Å². The van der Waals surface area contributed by atoms with Crippen molar-refractivity contribution in [3.05, 3.63) is 34.6 Å². The highest BCUT2D eigenvalue weighted by molar-refractivity contribution is 6.31. The van der Waals surface area contributed by atoms with Gasteiger partial charge in [0.15, 0.2) is 0 Å². The van der Waals surface area contributed by atoms with Gasteiger partial charge in [-0.05, 0) is 24.6 Å². The fraction of sp³-hybridized carbons (Fsp3) is 0.500. The number of rotatable bonds is 3. The summed E-state index contributed by atoms with van der Waals surface area (Å²) in [6, 6.07) is 4.56. The molecule has 1 N–H and O–H groups in total. The van der Waals surface area contributed by atoms with Crippen molar-refractivity contribution in [1.82, 2.24) is 10.2 Å². The minimum absolute atomic E-state index is 0.0319. The van der Waals surface area contributed by atoms with Crippen molar-refractivity contribution in [1.29, 1.82) is 0 Å². The van der Waals surface area contributed by atoms with Gasteiger partial charge in [0.1, 0.15) is 5.82 Å². The van der Waals surface area contributed by atoms with E-state index in [1.54, 1.807) is 24.1 Å². The lowest BCUT2D eigenvalue weighted by atomic mass is 9.96. The number of hydrogen-bond donors (Lipinski definition) is 1. The number of nitrogens with one attached hydrogen (secondary N) is 1. The molecule has 3 nitrogen and oxygen atoms in total. The average Bonchev–Trinajstić information content (AvgIpc) is 2.79. The van der Waals surface area contributed by atoms with Crippen LogP contribution in [0, 0.1) is 17.7 Å². The number of hydrogen-bond acceptors (Lipinski definition) is 2. The number of carbonyl (C=O) groups is 1. The lowest BCUT2D eigenvalue weighted by molar-refractivity contribution is -0.135. The Labute approximate surface area is 117 Å². The van der Waals surface area contributed by atoms with Crippen molar-refractivity contribution in [2.45, 2.75) is 13.5 Å². The number of amides is 1. The summed E-state index contributed by atoms with van der Waals surface area (Å²) in [5.74, 6) is -0.0526. The summed E-state index contributed by atoms with van der Waals surface area (Å²) in [6.45, 7) is 3.79. The van der Waals surface area contributed by atoms with Crippen LogP contribution in [0.2, 0.25) is 5.02 Å². The molecular formula is C14H18ClFN2O. The predicted octanol–water partition coefficient (Wildman–Crippen LogP) is 2.29. The zero-order valence-corrected chi connectivity index (χ0v) is 11.9. The summed E-state index contributed by atoms with van der Waals surface area (Å²) in [4.78, 5) is 13.9. The quantitative estimate of drug-likeness (QED) is 0.924. The van der Waals surface area contributed by atoms with Crippen molar-refractivity contribution in [3.8, 4) is 0 Å². The standard InChI is InChI=1S/C14H18ClFN2O/c1-9-6-17-7-10(9)14(19)18(2)8-11-12(15)4-3-5-13(11)16/h3-5,9-10,17H,6-8H2,1-2H3. The molecular weight excluding hydrogens is 267 g/mol. The molecule has 1 aliphatic heterocycles. The maximum atomic E-state index is 13.7. The molecule has 1 aromatic carbocycles. The molecule has 2 atom stereocenters. The second-order valence-electron chi connectivity index (χ2n) is 5.14. The Morgan fingerprint density at radius 1 is 1.53 bits per heavy atom. The van der Waals surface area contributed by atoms with Crippen LogP contribution in [-0.2, 0) is 11.3 Å². The predicted molar refractivity (Wildman–Crippen MR) is 73.4 cm³/mol. The van der Waals surface area contributed by atoms with E-state index in [9.17, 15) is 9.18 Å². The van der Waals surface area contributed by atoms with Crippen molar-refractivity contribution in [2.24, 2.45) is 11.8 Å². The van der Waals surface area contributed by atoms with Gasteiger partial charge in [0.2, 0.25) is 5.91 Å². The zero-order chi connectivity index (χ0) is 14.0. The highest BCUT2D eigenvalue weighted by Crippen LogP contribution is 2.23. The van der Waals surface area contributed by atoms with Gasteiger partial charge in [-0.25, -0.2) is 4.39 Å². The Balaban J connectivity index is 2.08. The van der Waals surface area contributed by atoms with Gasteiger partial charge in [-0.2, -0.15) is 0 Å². The zero-order valence-electron chi connectivity index (χ0n) is 11.1. The average molecular weight is 285 g/mol. The van der Waals surface area contributed by atoms with Gasteiger partial charge >= 0.3 is 0 Å². The molecule has 1 fully saturated rings. The van der Waals surface area contributed by atoms with Gasteiger partial charge in [-0.15, -0.1) is 0 Å². The topological polar surface area (TPSA) is 32.3 Å². The molecule has 5 heteroatoms. The van der Waals surface area contributed by atoms with Gasteiger partial charge in [0.05, 0.1) is 5.92 Å². The fourth-order valence-electron chi connectivity index (χ4n) is 2.42. The van der Waals surface area contributed by atoms with E-state index in [0.717, 1.165) is 6.54 Å². The highest BCUT2D eigenvalue weighted by atomic mass is 35.5. The van der Waals surface area contributed by atoms with Crippen LogP contribution in [0.1, 0.15) is 12.5 Å². The lowest BCUT2D eigenvalue weighted by Crippen LogP contribution is -2.36. The maximum absolute atomic E-state index is 13.7. The van der Waals surface area contributed by atoms with E-state index >= 15 is 0 Å². The van der Waals surface area contributed by atoms with Crippen LogP contribution in [0.3, 0.4) is 0 Å². The van der Waals surface area contributed by atoms with E-state index in [-0.39, 0.29) is 24.2 Å². The van der Waals surface area contributed by atoms with E-state index in [2.05, 4.69) is 5.32 Å². The van der Waals surface area contributed by atoms with Crippen LogP contribution >= 0.6 is 11.6 Å². The Morgan fingerprint density at radius 2 is 2.26 bits per heavy atom. The van der Waals surface area contributed by atoms with Gasteiger partial charge in [-0.3, -0.25) is 4.79 Å². The number of nitrogens with zero attached hydrogens (tertiary/aromatic N) is 1. The number of halogens is 2. The minimum Gasteiger partial charge on any atom is -0.341 e. The summed E-state index contributed by atoms with van der Waals surface area (Å²) in [5.41, 5.74) is 0.374. The van der Waals surface area contributed by atoms with Gasteiger partial charge in [0, 0.05) is 30.7 Å². The Kier molecular flexibility index (Phi) is 4.42. The molecule has 0 bridgehead atoms. The van der Waals surface area contributed by atoms with Gasteiger partial charge in [0.25, 0.3) is 0 Å². The van der Waals surface area contributed by atoms with E-state index in [1.165, 1.54) is 6.07 Å². The Morgan fingerprint density at radius 3 is 2.84 bits per heavy atom. The van der Waals surface area contributed by atoms with Crippen molar-refractivity contribution < 1.29 is 9.18 Å². The molecule has 1 saturated heterocycles. The third kappa shape index (κ3) is 3.07. The summed E-state index contributed by atoms with van der Waals surface area (Å²) in [6.07, 6.45) is 0. The van der Waals surface area contributed by atoms with Crippen LogP contribution in [0.15, 0.2) is 18.2 Å². The first kappa shape index (κ1) is 14.3. The summed E-state index contributed by atoms with van der Waals surface area (Å²) < 4.78 is 13.7. The largest absolute Gasteiger partial charge is 0.341 e. The second kappa shape index (κ2) is 5.88. The summed E-state index contributed by atoms with van der Waals surface area (Å²) >= 11 is 5.98. The SMILES string of the molecule is CC1CNCC1C(=O)N(C)Cc1c(F)cccc1Cl. The molecule has 0 spiro atoms. The third-order valence-electron chi connectivity index (χ3n) is 3.67. The minimum atomic E-state index is -0.371. The van der Waals surface area contributed by atoms with E-state index in [1.807, 2.05) is 6.92 Å². The second-order valence-corrected chi connectivity index (χ2v) is 5.54. The van der Waals surface area contributed by atoms with E-state index in [4.69, 9.17) is 11.6 Å². The smallest absolute Gasteiger partial charge is 0.227 e. The molecule has 104 valence electrons. The van der Waals surface area contributed by atoms with Gasteiger partial charge in [-0.1, -0.05) is 24.6 Å². The molecule has 19 heavy (non-hydrogen) atoms. The molecule has 1 aromatic rings. The molecule has 0 saturated carbocycles. The molecule has 1 aliphatic rings. The summed E-state index contributed by atoms with van der Waals surface area (Å²) in [5, 5.41) is 3.56. The van der Waals surface area contributed by atoms with Crippen LogP contribution in [0.4, 0.5) is 4.39 Å². The fourth-order valence-corrected chi connectivity index (χ4v) is 2.64. The van der Waals surface area contributed by atoms with Crippen LogP contribution in [-0.4, -0.2) is 30.9 Å². The molecule has 1 amide bonds. The first-order valence-corrected chi connectivity index (χ1v) is 6.77. The lowest BCUT2D eigenvalue weighted by Gasteiger charge is -2.23. The van der Waals surface area contributed by atoms with Crippen molar-refractivity contribution >= 4 is 17.5 Å². The highest BCUT2D eigenvalue weighted by Gasteiger charge is 2.31. The Bertz CT molecular complexity index is 460. The van der Waals surface area contributed by atoms with Crippen LogP contribution in [0.25, 0.3) is 0 Å². The number of benzene rings is 1. The van der Waals surface area contributed by atoms with Gasteiger partial charge < -0.3 is 10.2 Å². The molecule has 1 heterocycles. The monoisotopic (exact) mass is 284 g/mol. The maximum Gasteiger partial charge on any atom is 0.227 e. The van der Waals surface area contributed by atoms with Crippen molar-refractivity contribution in [2.75, 3.05) is 20.1 Å². The van der Waals surface area contributed by atoms with Crippen LogP contribution in [0.5, 0.6) is 0 Å².